The number of rotatable bonds is 1. The van der Waals surface area contributed by atoms with E-state index in [1.165, 1.54) is 0 Å². The summed E-state index contributed by atoms with van der Waals surface area (Å²) in [6.45, 7) is 7.62. The number of nitroso groups, excluding NO2 is 1. The van der Waals surface area contributed by atoms with Crippen molar-refractivity contribution in [3.63, 3.8) is 0 Å². The van der Waals surface area contributed by atoms with Gasteiger partial charge in [0.1, 0.15) is 5.66 Å². The fraction of sp³-hybridized carbons (Fsp3) is 0.778. The van der Waals surface area contributed by atoms with Crippen LogP contribution in [0.25, 0.3) is 0 Å². The lowest BCUT2D eigenvalue weighted by molar-refractivity contribution is -0.147. The standard InChI is InChI=1S/C9H17N3O2/c1-8(2)7(6-10-13)12(14)9(3,4)11(8)5/h6,14H,1-5H3/b7-6-. The van der Waals surface area contributed by atoms with Crippen LogP contribution in [0.1, 0.15) is 27.7 Å². The van der Waals surface area contributed by atoms with Crippen LogP contribution >= 0.6 is 0 Å². The van der Waals surface area contributed by atoms with Gasteiger partial charge in [-0.15, -0.1) is 4.91 Å². The molecule has 1 rings (SSSR count). The summed E-state index contributed by atoms with van der Waals surface area (Å²) in [6, 6.07) is 0. The fourth-order valence-corrected chi connectivity index (χ4v) is 1.81. The summed E-state index contributed by atoms with van der Waals surface area (Å²) in [6.07, 6.45) is 1.16. The smallest absolute Gasteiger partial charge is 0.114 e. The van der Waals surface area contributed by atoms with E-state index in [2.05, 4.69) is 5.18 Å². The minimum Gasteiger partial charge on any atom is -0.287 e. The largest absolute Gasteiger partial charge is 0.287 e. The van der Waals surface area contributed by atoms with E-state index in [1.54, 1.807) is 0 Å². The predicted octanol–water partition coefficient (Wildman–Crippen LogP) is 1.75. The van der Waals surface area contributed by atoms with Crippen LogP contribution in [0.15, 0.2) is 17.1 Å². The van der Waals surface area contributed by atoms with Gasteiger partial charge in [0.15, 0.2) is 0 Å². The molecule has 5 nitrogen and oxygen atoms in total. The Balaban J connectivity index is 3.23. The Morgan fingerprint density at radius 2 is 1.86 bits per heavy atom. The third-order valence-corrected chi connectivity index (χ3v) is 3.21. The zero-order valence-electron chi connectivity index (χ0n) is 9.27. The number of nitrogens with zero attached hydrogens (tertiary/aromatic N) is 3. The Morgan fingerprint density at radius 3 is 2.14 bits per heavy atom. The average Bonchev–Trinajstić information content (AvgIpc) is 2.19. The van der Waals surface area contributed by atoms with Crippen molar-refractivity contribution in [2.75, 3.05) is 7.05 Å². The summed E-state index contributed by atoms with van der Waals surface area (Å²) < 4.78 is 0. The minimum atomic E-state index is -0.528. The summed E-state index contributed by atoms with van der Waals surface area (Å²) in [5.74, 6) is 0. The van der Waals surface area contributed by atoms with Gasteiger partial charge in [-0.1, -0.05) is 0 Å². The molecule has 1 fully saturated rings. The third kappa shape index (κ3) is 1.24. The molecular weight excluding hydrogens is 182 g/mol. The molecule has 0 aromatic rings. The molecule has 80 valence electrons. The molecule has 0 amide bonds. The second-order valence-electron chi connectivity index (χ2n) is 4.54. The maximum Gasteiger partial charge on any atom is 0.114 e. The van der Waals surface area contributed by atoms with Gasteiger partial charge < -0.3 is 0 Å². The van der Waals surface area contributed by atoms with Crippen LogP contribution in [0.5, 0.6) is 0 Å². The Labute approximate surface area is 83.9 Å². The molecule has 5 heteroatoms. The molecule has 0 bridgehead atoms. The molecule has 1 N–H and O–H groups in total. The van der Waals surface area contributed by atoms with Crippen LogP contribution in [-0.2, 0) is 0 Å². The van der Waals surface area contributed by atoms with Gasteiger partial charge >= 0.3 is 0 Å². The van der Waals surface area contributed by atoms with Gasteiger partial charge in [-0.3, -0.25) is 10.1 Å². The van der Waals surface area contributed by atoms with Crippen LogP contribution in [0.4, 0.5) is 0 Å². The van der Waals surface area contributed by atoms with Crippen molar-refractivity contribution in [1.29, 1.82) is 0 Å². The number of likely N-dealkylation sites (N-methyl/N-ethyl adjacent to an activating group) is 1. The second kappa shape index (κ2) is 3.03. The van der Waals surface area contributed by atoms with Gasteiger partial charge in [-0.2, -0.15) is 0 Å². The van der Waals surface area contributed by atoms with Crippen LogP contribution in [-0.4, -0.2) is 33.4 Å². The first kappa shape index (κ1) is 11.1. The predicted molar refractivity (Wildman–Crippen MR) is 53.4 cm³/mol. The summed E-state index contributed by atoms with van der Waals surface area (Å²) in [4.78, 5) is 12.2. The molecule has 1 heterocycles. The summed E-state index contributed by atoms with van der Waals surface area (Å²) >= 11 is 0. The molecule has 0 radical (unpaired) electrons. The first-order chi connectivity index (χ1) is 6.26. The van der Waals surface area contributed by atoms with Crippen molar-refractivity contribution < 1.29 is 5.21 Å². The molecule has 0 atom stereocenters. The highest BCUT2D eigenvalue weighted by Crippen LogP contribution is 2.41. The molecule has 1 aliphatic rings. The molecule has 1 saturated heterocycles. The molecule has 14 heavy (non-hydrogen) atoms. The molecular formula is C9H17N3O2. The summed E-state index contributed by atoms with van der Waals surface area (Å²) in [7, 11) is 1.90. The van der Waals surface area contributed by atoms with E-state index in [0.29, 0.717) is 5.70 Å². The summed E-state index contributed by atoms with van der Waals surface area (Å²) in [5, 5.41) is 13.7. The van der Waals surface area contributed by atoms with Crippen molar-refractivity contribution in [1.82, 2.24) is 9.96 Å². The van der Waals surface area contributed by atoms with Gasteiger partial charge in [0.2, 0.25) is 0 Å². The monoisotopic (exact) mass is 199 g/mol. The molecule has 0 saturated carbocycles. The maximum absolute atomic E-state index is 10.2. The van der Waals surface area contributed by atoms with E-state index in [-0.39, 0.29) is 0 Å². The highest BCUT2D eigenvalue weighted by atomic mass is 16.5. The van der Waals surface area contributed by atoms with E-state index >= 15 is 0 Å². The Kier molecular flexibility index (Phi) is 2.41. The quantitative estimate of drug-likeness (QED) is 0.653. The van der Waals surface area contributed by atoms with Crippen LogP contribution in [0.3, 0.4) is 0 Å². The first-order valence-electron chi connectivity index (χ1n) is 4.52. The number of hydrogen-bond acceptors (Lipinski definition) is 5. The van der Waals surface area contributed by atoms with Gasteiger partial charge in [0.25, 0.3) is 0 Å². The van der Waals surface area contributed by atoms with Crippen molar-refractivity contribution in [2.45, 2.75) is 38.9 Å². The van der Waals surface area contributed by atoms with Crippen LogP contribution < -0.4 is 0 Å². The fourth-order valence-electron chi connectivity index (χ4n) is 1.81. The number of hydrogen-bond donors (Lipinski definition) is 1. The number of hydroxylamine groups is 2. The first-order valence-corrected chi connectivity index (χ1v) is 4.52. The molecule has 0 aromatic heterocycles. The van der Waals surface area contributed by atoms with Gasteiger partial charge in [-0.25, -0.2) is 5.06 Å². The van der Waals surface area contributed by atoms with Crippen molar-refractivity contribution in [3.05, 3.63) is 16.8 Å². The highest BCUT2D eigenvalue weighted by Gasteiger charge is 2.51. The van der Waals surface area contributed by atoms with Crippen LogP contribution in [0, 0.1) is 4.91 Å². The summed E-state index contributed by atoms with van der Waals surface area (Å²) in [5.41, 5.74) is -0.411. The van der Waals surface area contributed by atoms with E-state index < -0.39 is 11.2 Å². The van der Waals surface area contributed by atoms with E-state index in [9.17, 15) is 10.1 Å². The minimum absolute atomic E-state index is 0.397. The SMILES string of the molecule is CN1C(C)(C)/C(=C/N=O)N(O)C1(C)C. The van der Waals surface area contributed by atoms with Gasteiger partial charge in [-0.05, 0) is 39.9 Å². The second-order valence-corrected chi connectivity index (χ2v) is 4.54. The normalized spacial score (nSPS) is 28.4. The van der Waals surface area contributed by atoms with Gasteiger partial charge in [0, 0.05) is 0 Å². The molecule has 0 aliphatic carbocycles. The van der Waals surface area contributed by atoms with E-state index in [4.69, 9.17) is 0 Å². The zero-order chi connectivity index (χ0) is 11.1. The average molecular weight is 199 g/mol. The van der Waals surface area contributed by atoms with Crippen LogP contribution in [0.2, 0.25) is 0 Å². The topological polar surface area (TPSA) is 56.1 Å². The van der Waals surface area contributed by atoms with Crippen molar-refractivity contribution >= 4 is 0 Å². The van der Waals surface area contributed by atoms with E-state index in [1.807, 2.05) is 39.6 Å². The molecule has 1 aliphatic heterocycles. The molecule has 0 aromatic carbocycles. The Bertz CT molecular complexity index is 284. The Morgan fingerprint density at radius 1 is 1.36 bits per heavy atom. The van der Waals surface area contributed by atoms with Crippen molar-refractivity contribution in [2.24, 2.45) is 5.18 Å². The van der Waals surface area contributed by atoms with Gasteiger partial charge in [0.05, 0.1) is 17.4 Å². The lowest BCUT2D eigenvalue weighted by atomic mass is 10.0. The maximum atomic E-state index is 10.2. The van der Waals surface area contributed by atoms with E-state index in [0.717, 1.165) is 11.3 Å². The molecule has 0 unspecified atom stereocenters. The Hall–Kier alpha value is -0.940. The molecule has 0 spiro atoms. The highest BCUT2D eigenvalue weighted by molar-refractivity contribution is 5.23. The third-order valence-electron chi connectivity index (χ3n) is 3.21. The lowest BCUT2D eigenvalue weighted by Crippen LogP contribution is -2.48. The van der Waals surface area contributed by atoms with Crippen molar-refractivity contribution in [3.8, 4) is 0 Å². The zero-order valence-corrected chi connectivity index (χ0v) is 9.27. The lowest BCUT2D eigenvalue weighted by Gasteiger charge is -2.35.